The number of aromatic hydroxyl groups is 1. The van der Waals surface area contributed by atoms with Gasteiger partial charge in [0.05, 0.1) is 29.0 Å². The van der Waals surface area contributed by atoms with Crippen molar-refractivity contribution in [1.82, 2.24) is 24.6 Å². The number of nitrogens with one attached hydrogen (secondary N) is 1. The smallest absolute Gasteiger partial charge is 0.310 e. The number of pyridine rings is 1. The number of carbonyl (C=O) groups excluding carboxylic acids is 3. The van der Waals surface area contributed by atoms with Gasteiger partial charge in [0.25, 0.3) is 0 Å². The Morgan fingerprint density at radius 2 is 1.75 bits per heavy atom. The van der Waals surface area contributed by atoms with E-state index < -0.39 is 0 Å². The van der Waals surface area contributed by atoms with Gasteiger partial charge in [-0.1, -0.05) is 13.8 Å². The van der Waals surface area contributed by atoms with Gasteiger partial charge in [0.15, 0.2) is 0 Å². The number of piperazine rings is 1. The number of esters is 1. The number of phenols is 1. The van der Waals surface area contributed by atoms with Crippen molar-refractivity contribution in [1.29, 1.82) is 5.41 Å². The lowest BCUT2D eigenvalue weighted by atomic mass is 9.94. The molecular formula is C38H51N7O7. The highest BCUT2D eigenvalue weighted by molar-refractivity contribution is 5.91. The number of aromatic nitrogens is 1. The van der Waals surface area contributed by atoms with Gasteiger partial charge in [-0.15, -0.1) is 0 Å². The summed E-state index contributed by atoms with van der Waals surface area (Å²) in [7, 11) is 2.95. The van der Waals surface area contributed by atoms with Crippen molar-refractivity contribution in [2.24, 2.45) is 11.7 Å². The number of fused-ring (bicyclic) bond motifs is 2. The summed E-state index contributed by atoms with van der Waals surface area (Å²) in [6.07, 6.45) is 7.81. The number of benzene rings is 1. The molecule has 0 spiro atoms. The second kappa shape index (κ2) is 18.3. The molecule has 4 aliphatic heterocycles. The van der Waals surface area contributed by atoms with Crippen LogP contribution in [0.3, 0.4) is 0 Å². The van der Waals surface area contributed by atoms with E-state index in [2.05, 4.69) is 11.0 Å². The van der Waals surface area contributed by atoms with E-state index >= 15 is 0 Å². The number of cyclic esters (lactones) is 1. The average Bonchev–Trinajstić information content (AvgIpc) is 3.48. The summed E-state index contributed by atoms with van der Waals surface area (Å²) < 4.78 is 5.03. The fraction of sp³-hybridized carbons (Fsp3) is 0.447. The molecule has 14 nitrogen and oxygen atoms in total. The van der Waals surface area contributed by atoms with Crippen LogP contribution in [0, 0.1) is 11.3 Å². The summed E-state index contributed by atoms with van der Waals surface area (Å²) in [5, 5.41) is 36.0. The fourth-order valence-electron chi connectivity index (χ4n) is 6.83. The van der Waals surface area contributed by atoms with E-state index in [-0.39, 0.29) is 42.3 Å². The van der Waals surface area contributed by atoms with Gasteiger partial charge in [-0.2, -0.15) is 0 Å². The van der Waals surface area contributed by atoms with Crippen molar-refractivity contribution >= 4 is 40.6 Å². The molecule has 6 rings (SSSR count). The number of carbonyl (C=O) groups is 3. The Morgan fingerprint density at radius 3 is 2.40 bits per heavy atom. The van der Waals surface area contributed by atoms with Gasteiger partial charge < -0.3 is 40.5 Å². The van der Waals surface area contributed by atoms with Crippen LogP contribution >= 0.6 is 0 Å². The first-order chi connectivity index (χ1) is 25.1. The number of rotatable bonds is 7. The number of piperidine rings is 1. The van der Waals surface area contributed by atoms with Crippen LogP contribution in [-0.4, -0.2) is 124 Å². The SMILES string of the molecule is CC.CN1Cc2cc3c(CN4CCN(C(=O)C5CCN(C(=N)/C=C\C(N)=C/O)CC5)CC4)c(O)ccc3nc2/C1=C/C1=C(C=O)COC(=O)C1.CO. The summed E-state index contributed by atoms with van der Waals surface area (Å²) in [6.45, 7) is 8.88. The first-order valence-electron chi connectivity index (χ1n) is 17.6. The van der Waals surface area contributed by atoms with E-state index in [1.165, 1.54) is 6.08 Å². The summed E-state index contributed by atoms with van der Waals surface area (Å²) in [5.41, 5.74) is 11.0. The van der Waals surface area contributed by atoms with Crippen LogP contribution in [0.4, 0.5) is 0 Å². The first-order valence-corrected chi connectivity index (χ1v) is 17.6. The minimum absolute atomic E-state index is 0.0277. The predicted molar refractivity (Wildman–Crippen MR) is 199 cm³/mol. The van der Waals surface area contributed by atoms with Crippen LogP contribution in [0.1, 0.15) is 49.9 Å². The number of hydrogen-bond donors (Lipinski definition) is 5. The second-order valence-electron chi connectivity index (χ2n) is 12.7. The number of ether oxygens (including phenoxy) is 1. The lowest BCUT2D eigenvalue weighted by Gasteiger charge is -2.39. The van der Waals surface area contributed by atoms with Crippen LogP contribution in [-0.2, 0) is 32.2 Å². The number of aliphatic hydroxyl groups excluding tert-OH is 2. The molecule has 2 aromatic rings. The van der Waals surface area contributed by atoms with Gasteiger partial charge >= 0.3 is 5.97 Å². The number of nitrogens with two attached hydrogens (primary N) is 1. The van der Waals surface area contributed by atoms with Crippen LogP contribution < -0.4 is 5.73 Å². The van der Waals surface area contributed by atoms with E-state index in [0.29, 0.717) is 82.2 Å². The molecule has 0 bridgehead atoms. The normalized spacial score (nSPS) is 19.2. The zero-order chi connectivity index (χ0) is 37.9. The average molecular weight is 718 g/mol. The third kappa shape index (κ3) is 8.98. The molecule has 2 saturated heterocycles. The van der Waals surface area contributed by atoms with Gasteiger partial charge in [-0.05, 0) is 60.4 Å². The molecule has 0 unspecified atom stereocenters. The fourth-order valence-corrected chi connectivity index (χ4v) is 6.83. The molecule has 0 atom stereocenters. The van der Waals surface area contributed by atoms with Gasteiger partial charge in [0.1, 0.15) is 30.7 Å². The van der Waals surface area contributed by atoms with Crippen molar-refractivity contribution in [3.63, 3.8) is 0 Å². The Balaban J connectivity index is 0.00000146. The van der Waals surface area contributed by atoms with Crippen molar-refractivity contribution in [2.75, 3.05) is 60.0 Å². The Morgan fingerprint density at radius 1 is 1.06 bits per heavy atom. The molecule has 4 aliphatic rings. The number of aliphatic hydroxyl groups is 2. The maximum Gasteiger partial charge on any atom is 0.310 e. The Kier molecular flexibility index (Phi) is 14.0. The quantitative estimate of drug-likeness (QED) is 0.0702. The van der Waals surface area contributed by atoms with Crippen LogP contribution in [0.15, 0.2) is 59.5 Å². The molecule has 52 heavy (non-hydrogen) atoms. The van der Waals surface area contributed by atoms with Gasteiger partial charge in [-0.25, -0.2) is 4.98 Å². The molecule has 0 saturated carbocycles. The van der Waals surface area contributed by atoms with E-state index in [4.69, 9.17) is 31.1 Å². The summed E-state index contributed by atoms with van der Waals surface area (Å²) in [4.78, 5) is 50.1. The summed E-state index contributed by atoms with van der Waals surface area (Å²) in [6, 6.07) is 5.55. The van der Waals surface area contributed by atoms with Gasteiger partial charge in [-0.3, -0.25) is 24.7 Å². The molecule has 5 heterocycles. The minimum Gasteiger partial charge on any atom is -0.513 e. The van der Waals surface area contributed by atoms with Crippen LogP contribution in [0.5, 0.6) is 5.75 Å². The highest BCUT2D eigenvalue weighted by atomic mass is 16.5. The summed E-state index contributed by atoms with van der Waals surface area (Å²) in [5.74, 6) is 0.225. The van der Waals surface area contributed by atoms with Crippen molar-refractivity contribution in [2.45, 2.75) is 46.2 Å². The monoisotopic (exact) mass is 717 g/mol. The summed E-state index contributed by atoms with van der Waals surface area (Å²) >= 11 is 0. The number of amidine groups is 1. The molecule has 0 radical (unpaired) electrons. The van der Waals surface area contributed by atoms with E-state index in [1.807, 2.05) is 41.7 Å². The van der Waals surface area contributed by atoms with E-state index in [9.17, 15) is 19.5 Å². The number of aldehydes is 1. The zero-order valence-corrected chi connectivity index (χ0v) is 30.5. The largest absolute Gasteiger partial charge is 0.513 e. The maximum absolute atomic E-state index is 13.4. The number of hydrogen-bond acceptors (Lipinski definition) is 12. The highest BCUT2D eigenvalue weighted by Gasteiger charge is 2.32. The number of allylic oxidation sites excluding steroid dienone is 2. The maximum atomic E-state index is 13.4. The number of nitrogens with zero attached hydrogens (tertiary/aromatic N) is 5. The minimum atomic E-state index is -0.364. The molecular weight excluding hydrogens is 666 g/mol. The molecule has 280 valence electrons. The topological polar surface area (TPSA) is 197 Å². The van der Waals surface area contributed by atoms with Crippen molar-refractivity contribution in [3.8, 4) is 5.75 Å². The second-order valence-corrected chi connectivity index (χ2v) is 12.7. The van der Waals surface area contributed by atoms with Crippen LogP contribution in [0.25, 0.3) is 16.6 Å². The third-order valence-electron chi connectivity index (χ3n) is 9.65. The Bertz CT molecular complexity index is 1770. The number of amides is 1. The molecule has 14 heteroatoms. The van der Waals surface area contributed by atoms with E-state index in [0.717, 1.165) is 53.1 Å². The molecule has 6 N–H and O–H groups in total. The molecule has 1 aromatic carbocycles. The lowest BCUT2D eigenvalue weighted by molar-refractivity contribution is -0.143. The standard InChI is InChI=1S/C35H41N7O6.C2H6.CH4O/c1-39-17-24-14-27-28(31(45)4-3-29(27)38-34(24)30(39)15-23-16-33(46)48-21-25(23)19-43)18-40-10-12-42(13-11-40)35(47)22-6-8-41(9-7-22)32(37)5-2-26(36)20-44;2*1-2/h2-5,14-15,19-20,22,37,44-45H,6-13,16-18,21,36H2,1H3;1-2H3;2H,1H3/b5-2-,26-20+,30-15-,37-32?;;. The van der Waals surface area contributed by atoms with Gasteiger partial charge in [0, 0.05) is 89.0 Å². The molecule has 0 aliphatic carbocycles. The lowest BCUT2D eigenvalue weighted by Crippen LogP contribution is -2.51. The molecule has 1 aromatic heterocycles. The number of likely N-dealkylation sites (tertiary alicyclic amines) is 1. The highest BCUT2D eigenvalue weighted by Crippen LogP contribution is 2.37. The predicted octanol–water partition coefficient (Wildman–Crippen LogP) is 3.05. The van der Waals surface area contributed by atoms with Crippen LogP contribution in [0.2, 0.25) is 0 Å². The third-order valence-corrected chi connectivity index (χ3v) is 9.65. The number of phenolic OH excluding ortho intramolecular Hbond substituents is 1. The van der Waals surface area contributed by atoms with E-state index in [1.54, 1.807) is 18.2 Å². The van der Waals surface area contributed by atoms with Crippen molar-refractivity contribution < 1.29 is 34.4 Å². The Labute approximate surface area is 304 Å². The first kappa shape index (κ1) is 39.6. The Hall–Kier alpha value is -5.21. The molecule has 2 fully saturated rings. The van der Waals surface area contributed by atoms with Crippen molar-refractivity contribution in [3.05, 3.63) is 76.4 Å². The van der Waals surface area contributed by atoms with Gasteiger partial charge in [0.2, 0.25) is 5.91 Å². The molecule has 1 amide bonds. The zero-order valence-electron chi connectivity index (χ0n) is 30.5.